The predicted molar refractivity (Wildman–Crippen MR) is 145 cm³/mol. The first-order chi connectivity index (χ1) is 19.7. The van der Waals surface area contributed by atoms with Gasteiger partial charge >= 0.3 is 12.0 Å². The second-order valence-corrected chi connectivity index (χ2v) is 10.5. The summed E-state index contributed by atoms with van der Waals surface area (Å²) in [4.78, 5) is 40.9. The second kappa shape index (κ2) is 10.7. The van der Waals surface area contributed by atoms with Crippen LogP contribution in [0.15, 0.2) is 58.9 Å². The van der Waals surface area contributed by atoms with E-state index >= 15 is 0 Å². The van der Waals surface area contributed by atoms with Crippen LogP contribution in [-0.4, -0.2) is 73.5 Å². The summed E-state index contributed by atoms with van der Waals surface area (Å²) >= 11 is 6.25. The number of aliphatic carboxylic acids is 1. The number of aliphatic imine (C=N–C) groups is 1. The highest BCUT2D eigenvalue weighted by atomic mass is 35.5. The van der Waals surface area contributed by atoms with Crippen molar-refractivity contribution >= 4 is 52.5 Å². The highest BCUT2D eigenvalue weighted by Crippen LogP contribution is 2.44. The van der Waals surface area contributed by atoms with Gasteiger partial charge in [-0.3, -0.25) is 14.7 Å². The molecule has 3 aliphatic heterocycles. The molecular formula is C26H26ClN7O7. The lowest BCUT2D eigenvalue weighted by Gasteiger charge is -2.25. The average molecular weight is 584 g/mol. The Bertz CT molecular complexity index is 1540. The van der Waals surface area contributed by atoms with Crippen LogP contribution in [0.4, 0.5) is 16.3 Å². The first-order valence-corrected chi connectivity index (χ1v) is 13.2. The first-order valence-electron chi connectivity index (χ1n) is 12.8. The number of carboxylic acid groups (broad SMARTS) is 1. The van der Waals surface area contributed by atoms with Crippen molar-refractivity contribution in [3.63, 3.8) is 0 Å². The summed E-state index contributed by atoms with van der Waals surface area (Å²) in [7, 11) is 0. The fraction of sp³-hybridized carbons (Fsp3) is 0.385. The van der Waals surface area contributed by atoms with Crippen LogP contribution in [0.2, 0.25) is 0 Å². The van der Waals surface area contributed by atoms with E-state index in [1.165, 1.54) is 18.9 Å². The smallest absolute Gasteiger partial charge is 0.324 e. The van der Waals surface area contributed by atoms with Gasteiger partial charge in [-0.05, 0) is 26.0 Å². The molecule has 3 N–H and O–H groups in total. The van der Waals surface area contributed by atoms with Crippen LogP contribution in [-0.2, 0) is 23.7 Å². The van der Waals surface area contributed by atoms with E-state index in [0.29, 0.717) is 16.9 Å². The maximum atomic E-state index is 12.6. The Morgan fingerprint density at radius 1 is 1.15 bits per heavy atom. The number of hydrogen-bond donors (Lipinski definition) is 3. The number of carbonyl (C=O) groups excluding carboxylic acids is 1. The number of rotatable bonds is 7. The molecule has 5 atom stereocenters. The predicted octanol–water partition coefficient (Wildman–Crippen LogP) is 3.49. The van der Waals surface area contributed by atoms with Crippen LogP contribution < -0.4 is 10.6 Å². The largest absolute Gasteiger partial charge is 0.481 e. The molecule has 0 saturated carbocycles. The Hall–Kier alpha value is -4.11. The third-order valence-corrected chi connectivity index (χ3v) is 7.04. The highest BCUT2D eigenvalue weighted by molar-refractivity contribution is 6.30. The number of aromatic nitrogens is 4. The maximum Gasteiger partial charge on any atom is 0.324 e. The number of carbonyl (C=O) groups is 2. The van der Waals surface area contributed by atoms with Gasteiger partial charge < -0.3 is 29.4 Å². The van der Waals surface area contributed by atoms with Gasteiger partial charge in [-0.15, -0.1) is 0 Å². The topological polar surface area (TPSA) is 171 Å². The minimum atomic E-state index is -1.01. The van der Waals surface area contributed by atoms with Crippen LogP contribution in [0.5, 0.6) is 0 Å². The molecule has 2 amide bonds. The second-order valence-electron chi connectivity index (χ2n) is 10.1. The molecule has 2 aromatic heterocycles. The molecule has 2 saturated heterocycles. The van der Waals surface area contributed by atoms with Gasteiger partial charge in [-0.1, -0.05) is 29.8 Å². The summed E-state index contributed by atoms with van der Waals surface area (Å²) in [5.41, 5.74) is 1.39. The normalized spacial score (nSPS) is 26.7. The molecule has 5 heterocycles. The molecular weight excluding hydrogens is 558 g/mol. The number of urea groups is 1. The number of carboxylic acids is 1. The molecule has 41 heavy (non-hydrogen) atoms. The fourth-order valence-electron chi connectivity index (χ4n) is 4.93. The molecule has 3 aromatic rings. The Labute approximate surface area is 238 Å². The summed E-state index contributed by atoms with van der Waals surface area (Å²) in [6.07, 6.45) is 1.90. The van der Waals surface area contributed by atoms with E-state index in [0.717, 1.165) is 0 Å². The van der Waals surface area contributed by atoms with Gasteiger partial charge in [0, 0.05) is 18.3 Å². The first kappa shape index (κ1) is 27.1. The lowest BCUT2D eigenvalue weighted by molar-refractivity contribution is -0.200. The van der Waals surface area contributed by atoms with Crippen LogP contribution in [0.3, 0.4) is 0 Å². The van der Waals surface area contributed by atoms with Crippen molar-refractivity contribution in [2.45, 2.75) is 50.6 Å². The number of amides is 2. The minimum absolute atomic E-state index is 0.0197. The minimum Gasteiger partial charge on any atom is -0.481 e. The van der Waals surface area contributed by atoms with Crippen LogP contribution in [0, 0.1) is 5.92 Å². The average Bonchev–Trinajstić information content (AvgIpc) is 3.59. The van der Waals surface area contributed by atoms with E-state index in [4.69, 9.17) is 30.5 Å². The molecule has 1 aromatic carbocycles. The third kappa shape index (κ3) is 5.46. The molecule has 0 radical (unpaired) electrons. The van der Waals surface area contributed by atoms with Crippen LogP contribution >= 0.6 is 11.6 Å². The van der Waals surface area contributed by atoms with Crippen molar-refractivity contribution in [2.75, 3.05) is 17.2 Å². The van der Waals surface area contributed by atoms with E-state index < -0.39 is 48.2 Å². The zero-order chi connectivity index (χ0) is 28.7. The number of ether oxygens (including phenoxy) is 4. The lowest BCUT2D eigenvalue weighted by Crippen LogP contribution is -2.33. The quantitative estimate of drug-likeness (QED) is 0.374. The number of hydrogen-bond acceptors (Lipinski definition) is 10. The standard InChI is InChI=1S/C26H26ClN7O7/c1-26(2)40-18-16(10-38-22-15(27)8-13(9-28-22)24(35)36)39-23(19(18)41-26)34-12-31-17-20(29-11-30-21(17)34)33-25(37)32-14-6-4-3-5-7-14/h3-7,9,11-13,16,18-19,23H,8,10H2,1-2H3,(H,35,36)(H2,29,30,32,33,37). The number of allylic oxidation sites excluding steroid dienone is 1. The number of imidazole rings is 1. The van der Waals surface area contributed by atoms with E-state index in [-0.39, 0.29) is 29.8 Å². The number of nitrogens with one attached hydrogen (secondary N) is 2. The SMILES string of the molecule is CC1(C)OC2C(COC3=C(Cl)CC(C(=O)O)C=N3)OC(n3cnc4c(NC(=O)Nc5ccccc5)ncnc43)C2O1. The van der Waals surface area contributed by atoms with E-state index in [9.17, 15) is 14.7 Å². The van der Waals surface area contributed by atoms with E-state index in [1.807, 2.05) is 18.2 Å². The number of benzene rings is 1. The molecule has 14 nitrogen and oxygen atoms in total. The third-order valence-electron chi connectivity index (χ3n) is 6.73. The van der Waals surface area contributed by atoms with E-state index in [1.54, 1.807) is 30.5 Å². The zero-order valence-electron chi connectivity index (χ0n) is 21.9. The van der Waals surface area contributed by atoms with Crippen molar-refractivity contribution in [2.24, 2.45) is 10.9 Å². The monoisotopic (exact) mass is 583 g/mol. The summed E-state index contributed by atoms with van der Waals surface area (Å²) in [5, 5.41) is 14.9. The Balaban J connectivity index is 1.21. The number of fused-ring (bicyclic) bond motifs is 2. The van der Waals surface area contributed by atoms with Gasteiger partial charge in [0.25, 0.3) is 0 Å². The molecule has 214 valence electrons. The Kier molecular flexibility index (Phi) is 7.07. The molecule has 6 rings (SSSR count). The van der Waals surface area contributed by atoms with Crippen molar-refractivity contribution < 1.29 is 33.6 Å². The maximum absolute atomic E-state index is 12.6. The summed E-state index contributed by atoms with van der Waals surface area (Å²) in [6.45, 7) is 3.63. The van der Waals surface area contributed by atoms with Crippen LogP contribution in [0.25, 0.3) is 11.2 Å². The van der Waals surface area contributed by atoms with E-state index in [2.05, 4.69) is 30.6 Å². The van der Waals surface area contributed by atoms with Gasteiger partial charge in [-0.25, -0.2) is 24.7 Å². The summed E-state index contributed by atoms with van der Waals surface area (Å²) in [6, 6.07) is 8.52. The van der Waals surface area contributed by atoms with Gasteiger partial charge in [-0.2, -0.15) is 0 Å². The number of nitrogens with zero attached hydrogens (tertiary/aromatic N) is 5. The molecule has 2 fully saturated rings. The number of para-hydroxylation sites is 1. The van der Waals surface area contributed by atoms with Crippen molar-refractivity contribution in [1.29, 1.82) is 0 Å². The summed E-state index contributed by atoms with van der Waals surface area (Å²) in [5.74, 6) is -2.36. The summed E-state index contributed by atoms with van der Waals surface area (Å²) < 4.78 is 26.2. The highest BCUT2D eigenvalue weighted by Gasteiger charge is 2.56. The number of anilines is 2. The molecule has 15 heteroatoms. The lowest BCUT2D eigenvalue weighted by atomic mass is 10.1. The van der Waals surface area contributed by atoms with Gasteiger partial charge in [0.05, 0.1) is 17.3 Å². The van der Waals surface area contributed by atoms with Crippen molar-refractivity contribution in [1.82, 2.24) is 19.5 Å². The molecule has 0 aliphatic carbocycles. The fourth-order valence-corrected chi connectivity index (χ4v) is 5.20. The van der Waals surface area contributed by atoms with Gasteiger partial charge in [0.15, 0.2) is 29.0 Å². The molecule has 5 unspecified atom stereocenters. The van der Waals surface area contributed by atoms with Gasteiger partial charge in [0.2, 0.25) is 5.88 Å². The Morgan fingerprint density at radius 2 is 1.93 bits per heavy atom. The zero-order valence-corrected chi connectivity index (χ0v) is 22.7. The molecule has 0 spiro atoms. The van der Waals surface area contributed by atoms with Gasteiger partial charge in [0.1, 0.15) is 31.2 Å². The Morgan fingerprint density at radius 3 is 2.68 bits per heavy atom. The molecule has 3 aliphatic rings. The molecule has 0 bridgehead atoms. The van der Waals surface area contributed by atoms with Crippen molar-refractivity contribution in [3.8, 4) is 0 Å². The van der Waals surface area contributed by atoms with Crippen molar-refractivity contribution in [3.05, 3.63) is 53.9 Å². The van der Waals surface area contributed by atoms with Crippen LogP contribution in [0.1, 0.15) is 26.5 Å². The number of halogens is 1.